The summed E-state index contributed by atoms with van der Waals surface area (Å²) in [7, 11) is 0. The molecule has 0 saturated heterocycles. The highest BCUT2D eigenvalue weighted by Crippen LogP contribution is 2.15. The van der Waals surface area contributed by atoms with Crippen molar-refractivity contribution in [2.45, 2.75) is 40.7 Å². The van der Waals surface area contributed by atoms with Crippen molar-refractivity contribution in [3.63, 3.8) is 0 Å². The highest BCUT2D eigenvalue weighted by atomic mass is 32.1. The topological polar surface area (TPSA) is 59.5 Å². The summed E-state index contributed by atoms with van der Waals surface area (Å²) in [6, 6.07) is 0.0950. The van der Waals surface area contributed by atoms with E-state index in [1.165, 1.54) is 0 Å². The molecule has 1 aromatic heterocycles. The second kappa shape index (κ2) is 7.38. The first-order valence-electron chi connectivity index (χ1n) is 6.80. The van der Waals surface area contributed by atoms with Gasteiger partial charge < -0.3 is 9.64 Å². The quantitative estimate of drug-likeness (QED) is 0.758. The van der Waals surface area contributed by atoms with Crippen LogP contribution in [-0.4, -0.2) is 41.0 Å². The van der Waals surface area contributed by atoms with Crippen LogP contribution in [0.4, 0.5) is 0 Å². The molecule has 112 valence electrons. The summed E-state index contributed by atoms with van der Waals surface area (Å²) in [5.41, 5.74) is 0.312. The summed E-state index contributed by atoms with van der Waals surface area (Å²) in [5.74, 6) is -0.235. The standard InChI is InChI=1S/C14H22N2O3S/c1-6-19-14(18)12-15-11(8-20-12)13(17)16(10(4)5)7-9(2)3/h8-10H,6-7H2,1-5H3. The molecule has 0 aliphatic heterocycles. The molecule has 0 spiro atoms. The largest absolute Gasteiger partial charge is 0.461 e. The maximum atomic E-state index is 12.4. The number of esters is 1. The number of rotatable bonds is 6. The second-order valence-corrected chi connectivity index (χ2v) is 6.06. The predicted molar refractivity (Wildman–Crippen MR) is 79.1 cm³/mol. The van der Waals surface area contributed by atoms with Gasteiger partial charge in [-0.05, 0) is 26.7 Å². The number of amides is 1. The molecular formula is C14H22N2O3S. The second-order valence-electron chi connectivity index (χ2n) is 5.20. The van der Waals surface area contributed by atoms with E-state index in [1.807, 2.05) is 13.8 Å². The van der Waals surface area contributed by atoms with Crippen molar-refractivity contribution in [3.05, 3.63) is 16.1 Å². The minimum absolute atomic E-state index is 0.0950. The lowest BCUT2D eigenvalue weighted by molar-refractivity contribution is 0.0525. The number of hydrogen-bond donors (Lipinski definition) is 0. The summed E-state index contributed by atoms with van der Waals surface area (Å²) in [6.07, 6.45) is 0. The molecule has 20 heavy (non-hydrogen) atoms. The first-order chi connectivity index (χ1) is 9.36. The molecule has 0 saturated carbocycles. The van der Waals surface area contributed by atoms with Crippen LogP contribution in [0.2, 0.25) is 0 Å². The third-order valence-corrected chi connectivity index (χ3v) is 3.44. The number of carbonyl (C=O) groups is 2. The zero-order valence-electron chi connectivity index (χ0n) is 12.7. The highest BCUT2D eigenvalue weighted by Gasteiger charge is 2.23. The lowest BCUT2D eigenvalue weighted by Crippen LogP contribution is -2.39. The maximum Gasteiger partial charge on any atom is 0.367 e. The molecule has 0 fully saturated rings. The molecule has 0 aliphatic rings. The molecule has 1 rings (SSSR count). The van der Waals surface area contributed by atoms with Crippen molar-refractivity contribution in [2.24, 2.45) is 5.92 Å². The third kappa shape index (κ3) is 4.30. The maximum absolute atomic E-state index is 12.4. The van der Waals surface area contributed by atoms with Crippen molar-refractivity contribution in [2.75, 3.05) is 13.2 Å². The fourth-order valence-corrected chi connectivity index (χ4v) is 2.41. The van der Waals surface area contributed by atoms with E-state index < -0.39 is 5.97 Å². The van der Waals surface area contributed by atoms with E-state index in [9.17, 15) is 9.59 Å². The Morgan fingerprint density at radius 2 is 2.00 bits per heavy atom. The minimum Gasteiger partial charge on any atom is -0.461 e. The first kappa shape index (κ1) is 16.6. The van der Waals surface area contributed by atoms with Gasteiger partial charge in [-0.2, -0.15) is 0 Å². The van der Waals surface area contributed by atoms with Crippen molar-refractivity contribution in [1.29, 1.82) is 0 Å². The molecule has 0 N–H and O–H groups in total. The van der Waals surface area contributed by atoms with Crippen LogP contribution in [0.3, 0.4) is 0 Å². The molecule has 0 radical (unpaired) electrons. The van der Waals surface area contributed by atoms with Crippen LogP contribution in [0.5, 0.6) is 0 Å². The van der Waals surface area contributed by atoms with Gasteiger partial charge in [0.15, 0.2) is 0 Å². The van der Waals surface area contributed by atoms with Gasteiger partial charge in [-0.1, -0.05) is 13.8 Å². The van der Waals surface area contributed by atoms with Crippen LogP contribution < -0.4 is 0 Å². The van der Waals surface area contributed by atoms with E-state index in [2.05, 4.69) is 18.8 Å². The van der Waals surface area contributed by atoms with Crippen LogP contribution in [0.25, 0.3) is 0 Å². The van der Waals surface area contributed by atoms with Gasteiger partial charge in [0.25, 0.3) is 5.91 Å². The van der Waals surface area contributed by atoms with E-state index >= 15 is 0 Å². The molecule has 0 atom stereocenters. The number of aromatic nitrogens is 1. The normalized spacial score (nSPS) is 10.9. The summed E-state index contributed by atoms with van der Waals surface area (Å²) >= 11 is 1.14. The molecule has 0 bridgehead atoms. The van der Waals surface area contributed by atoms with E-state index in [0.29, 0.717) is 24.8 Å². The Bertz CT molecular complexity index is 469. The van der Waals surface area contributed by atoms with Gasteiger partial charge in [-0.25, -0.2) is 9.78 Å². The summed E-state index contributed by atoms with van der Waals surface area (Å²) in [5, 5.41) is 1.84. The SMILES string of the molecule is CCOC(=O)c1nc(C(=O)N(CC(C)C)C(C)C)cs1. The van der Waals surface area contributed by atoms with Crippen molar-refractivity contribution < 1.29 is 14.3 Å². The van der Waals surface area contributed by atoms with Crippen LogP contribution >= 0.6 is 11.3 Å². The highest BCUT2D eigenvalue weighted by molar-refractivity contribution is 7.11. The first-order valence-corrected chi connectivity index (χ1v) is 7.68. The van der Waals surface area contributed by atoms with Crippen molar-refractivity contribution in [3.8, 4) is 0 Å². The van der Waals surface area contributed by atoms with Crippen LogP contribution in [0, 0.1) is 5.92 Å². The Morgan fingerprint density at radius 3 is 2.50 bits per heavy atom. The predicted octanol–water partition coefficient (Wildman–Crippen LogP) is 2.83. The van der Waals surface area contributed by atoms with Crippen LogP contribution in [0.1, 0.15) is 54.9 Å². The van der Waals surface area contributed by atoms with Crippen LogP contribution in [0.15, 0.2) is 5.38 Å². The Hall–Kier alpha value is -1.43. The Labute approximate surface area is 124 Å². The molecular weight excluding hydrogens is 276 g/mol. The van der Waals surface area contributed by atoms with E-state index in [0.717, 1.165) is 11.3 Å². The molecule has 1 heterocycles. The lowest BCUT2D eigenvalue weighted by Gasteiger charge is -2.27. The van der Waals surface area contributed by atoms with Crippen molar-refractivity contribution in [1.82, 2.24) is 9.88 Å². The van der Waals surface area contributed by atoms with Gasteiger partial charge in [-0.15, -0.1) is 11.3 Å². The zero-order chi connectivity index (χ0) is 15.3. The smallest absolute Gasteiger partial charge is 0.367 e. The van der Waals surface area contributed by atoms with E-state index in [-0.39, 0.29) is 17.0 Å². The number of carbonyl (C=O) groups excluding carboxylic acids is 2. The zero-order valence-corrected chi connectivity index (χ0v) is 13.5. The Morgan fingerprint density at radius 1 is 1.35 bits per heavy atom. The Balaban J connectivity index is 2.87. The van der Waals surface area contributed by atoms with Gasteiger partial charge in [0.2, 0.25) is 5.01 Å². The molecule has 0 aliphatic carbocycles. The molecule has 6 heteroatoms. The summed E-state index contributed by atoms with van der Waals surface area (Å²) in [4.78, 5) is 29.9. The van der Waals surface area contributed by atoms with Gasteiger partial charge in [0.1, 0.15) is 5.69 Å². The number of thiazole rings is 1. The molecule has 0 unspecified atom stereocenters. The van der Waals surface area contributed by atoms with E-state index in [1.54, 1.807) is 17.2 Å². The van der Waals surface area contributed by atoms with Gasteiger partial charge in [0, 0.05) is 18.0 Å². The molecule has 5 nitrogen and oxygen atoms in total. The monoisotopic (exact) mass is 298 g/mol. The summed E-state index contributed by atoms with van der Waals surface area (Å²) < 4.78 is 4.88. The van der Waals surface area contributed by atoms with Crippen molar-refractivity contribution >= 4 is 23.2 Å². The van der Waals surface area contributed by atoms with Crippen LogP contribution in [-0.2, 0) is 4.74 Å². The third-order valence-electron chi connectivity index (χ3n) is 2.62. The lowest BCUT2D eigenvalue weighted by atomic mass is 10.1. The number of ether oxygens (including phenoxy) is 1. The molecule has 1 aromatic rings. The molecule has 0 aromatic carbocycles. The average Bonchev–Trinajstić information content (AvgIpc) is 2.84. The number of nitrogens with zero attached hydrogens (tertiary/aromatic N) is 2. The minimum atomic E-state index is -0.475. The van der Waals surface area contributed by atoms with Gasteiger partial charge in [0.05, 0.1) is 6.61 Å². The number of hydrogen-bond acceptors (Lipinski definition) is 5. The van der Waals surface area contributed by atoms with Gasteiger partial charge >= 0.3 is 5.97 Å². The summed E-state index contributed by atoms with van der Waals surface area (Å²) in [6.45, 7) is 10.8. The van der Waals surface area contributed by atoms with E-state index in [4.69, 9.17) is 4.74 Å². The fraction of sp³-hybridized carbons (Fsp3) is 0.643. The average molecular weight is 298 g/mol. The Kier molecular flexibility index (Phi) is 6.13. The van der Waals surface area contributed by atoms with Gasteiger partial charge in [-0.3, -0.25) is 4.79 Å². The fourth-order valence-electron chi connectivity index (χ4n) is 1.73. The molecule has 1 amide bonds.